The molecule has 0 N–H and O–H groups in total. The Bertz CT molecular complexity index is 1100. The summed E-state index contributed by atoms with van der Waals surface area (Å²) in [5.74, 6) is 3.70. The summed E-state index contributed by atoms with van der Waals surface area (Å²) in [6, 6.07) is 11.6. The number of pyridine rings is 1. The van der Waals surface area contributed by atoms with Crippen LogP contribution in [-0.4, -0.2) is 42.8 Å². The van der Waals surface area contributed by atoms with Crippen LogP contribution in [0.1, 0.15) is 19.2 Å². The molecule has 0 unspecified atom stereocenters. The normalized spacial score (nSPS) is 11.0. The highest BCUT2D eigenvalue weighted by Crippen LogP contribution is 2.31. The molecule has 0 bridgehead atoms. The molecule has 0 aliphatic carbocycles. The van der Waals surface area contributed by atoms with Crippen molar-refractivity contribution in [1.82, 2.24) is 29.9 Å². The summed E-state index contributed by atoms with van der Waals surface area (Å²) in [4.78, 5) is 8.46. The maximum atomic E-state index is 5.48. The van der Waals surface area contributed by atoms with Gasteiger partial charge in [0.1, 0.15) is 5.75 Å². The third-order valence-corrected chi connectivity index (χ3v) is 5.61. The quantitative estimate of drug-likeness (QED) is 0.293. The molecule has 0 aliphatic heterocycles. The second-order valence-corrected chi connectivity index (χ2v) is 7.51. The van der Waals surface area contributed by atoms with Crippen molar-refractivity contribution in [1.29, 1.82) is 0 Å². The van der Waals surface area contributed by atoms with E-state index in [2.05, 4.69) is 36.8 Å². The van der Waals surface area contributed by atoms with Crippen LogP contribution in [0.4, 0.5) is 0 Å². The largest absolute Gasteiger partial charge is 0.496 e. The minimum absolute atomic E-state index is 0.590. The van der Waals surface area contributed by atoms with E-state index in [0.29, 0.717) is 18.1 Å². The number of aryl methyl sites for hydroxylation is 1. The smallest absolute Gasteiger partial charge is 0.226 e. The molecule has 0 spiro atoms. The predicted molar refractivity (Wildman–Crippen MR) is 114 cm³/mol. The monoisotopic (exact) mass is 422 g/mol. The van der Waals surface area contributed by atoms with Gasteiger partial charge in [-0.2, -0.15) is 4.98 Å². The maximum Gasteiger partial charge on any atom is 0.226 e. The van der Waals surface area contributed by atoms with E-state index < -0.39 is 0 Å². The van der Waals surface area contributed by atoms with Crippen LogP contribution in [0.25, 0.3) is 22.8 Å². The van der Waals surface area contributed by atoms with Crippen LogP contribution in [0.5, 0.6) is 5.75 Å². The number of ether oxygens (including phenoxy) is 1. The van der Waals surface area contributed by atoms with Crippen molar-refractivity contribution in [3.05, 3.63) is 54.7 Å². The molecule has 0 atom stereocenters. The van der Waals surface area contributed by atoms with Gasteiger partial charge in [0.15, 0.2) is 11.0 Å². The van der Waals surface area contributed by atoms with E-state index in [0.717, 1.165) is 46.6 Å². The van der Waals surface area contributed by atoms with Crippen molar-refractivity contribution in [2.75, 3.05) is 12.9 Å². The topological polar surface area (TPSA) is 91.8 Å². The van der Waals surface area contributed by atoms with Gasteiger partial charge < -0.3 is 13.8 Å². The van der Waals surface area contributed by atoms with Gasteiger partial charge in [0, 0.05) is 36.7 Å². The highest BCUT2D eigenvalue weighted by atomic mass is 32.2. The summed E-state index contributed by atoms with van der Waals surface area (Å²) in [6.45, 7) is 2.87. The van der Waals surface area contributed by atoms with Crippen LogP contribution in [-0.2, 0) is 13.0 Å². The number of aromatic nitrogens is 6. The van der Waals surface area contributed by atoms with Crippen molar-refractivity contribution in [3.63, 3.8) is 0 Å². The minimum atomic E-state index is 0.590. The number of thioether (sulfide) groups is 1. The molecule has 1 aromatic carbocycles. The Morgan fingerprint density at radius 3 is 2.73 bits per heavy atom. The molecular formula is C21H22N6O2S. The Kier molecular flexibility index (Phi) is 6.38. The molecule has 9 heteroatoms. The molecule has 30 heavy (non-hydrogen) atoms. The number of methoxy groups -OCH3 is 1. The van der Waals surface area contributed by atoms with Crippen LogP contribution >= 0.6 is 11.8 Å². The van der Waals surface area contributed by atoms with E-state index in [9.17, 15) is 0 Å². The first-order valence-electron chi connectivity index (χ1n) is 9.72. The Balaban J connectivity index is 1.37. The molecule has 0 aliphatic rings. The van der Waals surface area contributed by atoms with E-state index in [4.69, 9.17) is 9.26 Å². The Hall–Kier alpha value is -3.20. The van der Waals surface area contributed by atoms with Gasteiger partial charge in [-0.1, -0.05) is 29.1 Å². The average Bonchev–Trinajstić information content (AvgIpc) is 3.44. The Morgan fingerprint density at radius 1 is 1.10 bits per heavy atom. The van der Waals surface area contributed by atoms with Crippen LogP contribution < -0.4 is 4.74 Å². The third kappa shape index (κ3) is 4.35. The van der Waals surface area contributed by atoms with Gasteiger partial charge >= 0.3 is 0 Å². The molecule has 0 saturated heterocycles. The zero-order valence-corrected chi connectivity index (χ0v) is 17.7. The summed E-state index contributed by atoms with van der Waals surface area (Å²) in [5, 5.41) is 13.7. The highest BCUT2D eigenvalue weighted by molar-refractivity contribution is 7.99. The van der Waals surface area contributed by atoms with Gasteiger partial charge in [0.05, 0.1) is 12.7 Å². The van der Waals surface area contributed by atoms with Crippen molar-refractivity contribution in [3.8, 4) is 28.5 Å². The first-order valence-corrected chi connectivity index (χ1v) is 10.7. The SMILES string of the molecule is CCn1c(SCCCc2nc(-c3ccncc3)no2)nnc1-c1ccccc1OC. The molecule has 4 rings (SSSR count). The molecule has 154 valence electrons. The molecule has 8 nitrogen and oxygen atoms in total. The van der Waals surface area contributed by atoms with E-state index in [1.165, 1.54) is 0 Å². The fraction of sp³-hybridized carbons (Fsp3) is 0.286. The lowest BCUT2D eigenvalue weighted by molar-refractivity contribution is 0.378. The van der Waals surface area contributed by atoms with Crippen molar-refractivity contribution in [2.24, 2.45) is 0 Å². The number of hydrogen-bond acceptors (Lipinski definition) is 8. The zero-order chi connectivity index (χ0) is 20.8. The molecule has 3 aromatic heterocycles. The van der Waals surface area contributed by atoms with E-state index >= 15 is 0 Å². The molecule has 0 fully saturated rings. The molecule has 0 radical (unpaired) electrons. The van der Waals surface area contributed by atoms with Gasteiger partial charge in [-0.3, -0.25) is 4.98 Å². The molecule has 0 saturated carbocycles. The fourth-order valence-electron chi connectivity index (χ4n) is 3.07. The molecule has 0 amide bonds. The molecule has 4 aromatic rings. The number of para-hydroxylation sites is 1. The summed E-state index contributed by atoms with van der Waals surface area (Å²) < 4.78 is 12.9. The summed E-state index contributed by atoms with van der Waals surface area (Å²) >= 11 is 1.67. The van der Waals surface area contributed by atoms with Crippen LogP contribution in [0.3, 0.4) is 0 Å². The van der Waals surface area contributed by atoms with Gasteiger partial charge in [-0.05, 0) is 37.6 Å². The lowest BCUT2D eigenvalue weighted by Crippen LogP contribution is -2.01. The van der Waals surface area contributed by atoms with Gasteiger partial charge in [-0.25, -0.2) is 0 Å². The highest BCUT2D eigenvalue weighted by Gasteiger charge is 2.16. The van der Waals surface area contributed by atoms with E-state index in [-0.39, 0.29) is 0 Å². The Morgan fingerprint density at radius 2 is 1.93 bits per heavy atom. The average molecular weight is 423 g/mol. The second-order valence-electron chi connectivity index (χ2n) is 6.45. The maximum absolute atomic E-state index is 5.48. The van der Waals surface area contributed by atoms with Crippen molar-refractivity contribution < 1.29 is 9.26 Å². The number of benzene rings is 1. The summed E-state index contributed by atoms with van der Waals surface area (Å²) in [5.41, 5.74) is 1.84. The van der Waals surface area contributed by atoms with E-state index in [1.807, 2.05) is 36.4 Å². The third-order valence-electron chi connectivity index (χ3n) is 4.55. The first kappa shape index (κ1) is 20.1. The van der Waals surface area contributed by atoms with Crippen molar-refractivity contribution >= 4 is 11.8 Å². The minimum Gasteiger partial charge on any atom is -0.496 e. The molecule has 3 heterocycles. The lowest BCUT2D eigenvalue weighted by atomic mass is 10.2. The van der Waals surface area contributed by atoms with Gasteiger partial charge in [0.2, 0.25) is 11.7 Å². The predicted octanol–water partition coefficient (Wildman–Crippen LogP) is 4.14. The zero-order valence-electron chi connectivity index (χ0n) is 16.9. The van der Waals surface area contributed by atoms with Crippen LogP contribution in [0.15, 0.2) is 58.5 Å². The van der Waals surface area contributed by atoms with Gasteiger partial charge in [0.25, 0.3) is 0 Å². The second kappa shape index (κ2) is 9.53. The number of hydrogen-bond donors (Lipinski definition) is 0. The van der Waals surface area contributed by atoms with Crippen LogP contribution in [0.2, 0.25) is 0 Å². The van der Waals surface area contributed by atoms with Crippen molar-refractivity contribution in [2.45, 2.75) is 31.5 Å². The van der Waals surface area contributed by atoms with Crippen LogP contribution in [0, 0.1) is 0 Å². The molecular weight excluding hydrogens is 400 g/mol. The fourth-order valence-corrected chi connectivity index (χ4v) is 4.01. The number of rotatable bonds is 9. The lowest BCUT2D eigenvalue weighted by Gasteiger charge is -2.10. The number of nitrogens with zero attached hydrogens (tertiary/aromatic N) is 6. The first-order chi connectivity index (χ1) is 14.8. The Labute approximate surface area is 178 Å². The van der Waals surface area contributed by atoms with E-state index in [1.54, 1.807) is 31.3 Å². The summed E-state index contributed by atoms with van der Waals surface area (Å²) in [7, 11) is 1.67. The summed E-state index contributed by atoms with van der Waals surface area (Å²) in [6.07, 6.45) is 5.03. The van der Waals surface area contributed by atoms with Gasteiger partial charge in [-0.15, -0.1) is 10.2 Å². The standard InChI is InChI=1S/C21H22N6O2S/c1-3-27-20(16-7-4-5-8-17(16)28-2)24-25-21(27)30-14-6-9-18-23-19(26-29-18)15-10-12-22-13-11-15/h4-5,7-8,10-13H,3,6,9,14H2,1-2H3.